The van der Waals surface area contributed by atoms with Gasteiger partial charge in [-0.3, -0.25) is 9.13 Å². The van der Waals surface area contributed by atoms with E-state index in [4.69, 9.17) is 23.2 Å². The van der Waals surface area contributed by atoms with Gasteiger partial charge in [0.1, 0.15) is 11.1 Å². The highest BCUT2D eigenvalue weighted by Crippen LogP contribution is 2.16. The monoisotopic (exact) mass is 272 g/mol. The highest BCUT2D eigenvalue weighted by atomic mass is 32.1. The summed E-state index contributed by atoms with van der Waals surface area (Å²) in [6, 6.07) is 7.42. The molecule has 0 saturated heterocycles. The second-order valence-corrected chi connectivity index (χ2v) is 4.62. The van der Waals surface area contributed by atoms with E-state index < -0.39 is 0 Å². The van der Waals surface area contributed by atoms with Crippen LogP contribution in [0.4, 0.5) is 0 Å². The lowest BCUT2D eigenvalue weighted by atomic mass is 10.1. The molecular weight excluding hydrogens is 260 g/mol. The molecule has 6 heteroatoms. The fourth-order valence-electron chi connectivity index (χ4n) is 1.94. The highest BCUT2D eigenvalue weighted by molar-refractivity contribution is 7.80. The summed E-state index contributed by atoms with van der Waals surface area (Å²) in [7, 11) is 3.42. The Labute approximate surface area is 115 Å². The minimum Gasteiger partial charge on any atom is -0.389 e. The smallest absolute Gasteiger partial charge is 0.328 e. The maximum Gasteiger partial charge on any atom is 0.328 e. The van der Waals surface area contributed by atoms with Crippen molar-refractivity contribution in [2.75, 3.05) is 0 Å². The lowest BCUT2D eigenvalue weighted by molar-refractivity contribution is 0.795. The van der Waals surface area contributed by atoms with Crippen LogP contribution in [-0.2, 0) is 14.1 Å². The van der Waals surface area contributed by atoms with Crippen molar-refractivity contribution < 1.29 is 0 Å². The molecule has 0 aliphatic rings. The molecule has 0 atom stereocenters. The van der Waals surface area contributed by atoms with Crippen molar-refractivity contribution in [1.82, 2.24) is 9.13 Å². The van der Waals surface area contributed by atoms with Gasteiger partial charge in [-0.05, 0) is 23.8 Å². The number of nitrogens with zero attached hydrogens (tertiary/aromatic N) is 3. The summed E-state index contributed by atoms with van der Waals surface area (Å²) in [6.45, 7) is 0. The van der Waals surface area contributed by atoms with Gasteiger partial charge < -0.3 is 5.73 Å². The first-order valence-electron chi connectivity index (χ1n) is 5.52. The molecule has 0 amide bonds. The molecule has 2 rings (SSSR count). The number of benzene rings is 1. The third kappa shape index (κ3) is 2.16. The molecule has 1 heterocycles. The number of imidazole rings is 1. The minimum atomic E-state index is -0.0917. The highest BCUT2D eigenvalue weighted by Gasteiger charge is 2.08. The maximum atomic E-state index is 11.8. The molecule has 19 heavy (non-hydrogen) atoms. The fourth-order valence-corrected chi connectivity index (χ4v) is 2.04. The molecule has 0 saturated carbocycles. The SMILES string of the molecule is Cn1c(=O)n(C)c2cc(/C=C(/C#N)C(N)=S)ccc21. The Morgan fingerprint density at radius 1 is 1.37 bits per heavy atom. The van der Waals surface area contributed by atoms with Crippen molar-refractivity contribution >= 4 is 34.3 Å². The van der Waals surface area contributed by atoms with E-state index in [1.54, 1.807) is 29.3 Å². The molecule has 0 radical (unpaired) electrons. The topological polar surface area (TPSA) is 76.7 Å². The van der Waals surface area contributed by atoms with Gasteiger partial charge in [0.05, 0.1) is 16.6 Å². The van der Waals surface area contributed by atoms with Crippen LogP contribution in [0.1, 0.15) is 5.56 Å². The van der Waals surface area contributed by atoms with E-state index in [0.717, 1.165) is 16.6 Å². The summed E-state index contributed by atoms with van der Waals surface area (Å²) in [5.41, 5.74) is 8.00. The van der Waals surface area contributed by atoms with E-state index in [1.165, 1.54) is 0 Å². The summed E-state index contributed by atoms with van der Waals surface area (Å²) in [5, 5.41) is 8.93. The Morgan fingerprint density at radius 3 is 2.58 bits per heavy atom. The summed E-state index contributed by atoms with van der Waals surface area (Å²) in [5.74, 6) is 0. The molecule has 0 aliphatic heterocycles. The van der Waals surface area contributed by atoms with Crippen LogP contribution >= 0.6 is 12.2 Å². The van der Waals surface area contributed by atoms with Crippen molar-refractivity contribution in [3.05, 3.63) is 39.8 Å². The van der Waals surface area contributed by atoms with E-state index in [-0.39, 0.29) is 16.3 Å². The van der Waals surface area contributed by atoms with Crippen molar-refractivity contribution in [2.24, 2.45) is 19.8 Å². The molecule has 5 nitrogen and oxygen atoms in total. The Balaban J connectivity index is 2.67. The van der Waals surface area contributed by atoms with Crippen LogP contribution in [0.2, 0.25) is 0 Å². The predicted molar refractivity (Wildman–Crippen MR) is 78.5 cm³/mol. The number of fused-ring (bicyclic) bond motifs is 1. The zero-order valence-electron chi connectivity index (χ0n) is 10.5. The van der Waals surface area contributed by atoms with E-state index in [1.807, 2.05) is 24.3 Å². The quantitative estimate of drug-likeness (QED) is 0.504. The third-order valence-corrected chi connectivity index (χ3v) is 3.21. The zero-order valence-corrected chi connectivity index (χ0v) is 11.4. The van der Waals surface area contributed by atoms with Crippen molar-refractivity contribution in [3.8, 4) is 6.07 Å². The van der Waals surface area contributed by atoms with Gasteiger partial charge in [-0.1, -0.05) is 18.3 Å². The molecule has 0 bridgehead atoms. The predicted octanol–water partition coefficient (Wildman–Crippen LogP) is 1.07. The fraction of sp³-hybridized carbons (Fsp3) is 0.154. The summed E-state index contributed by atoms with van der Waals surface area (Å²) in [4.78, 5) is 11.9. The van der Waals surface area contributed by atoms with Crippen LogP contribution in [0.15, 0.2) is 28.6 Å². The van der Waals surface area contributed by atoms with Crippen LogP contribution in [0.3, 0.4) is 0 Å². The van der Waals surface area contributed by atoms with E-state index >= 15 is 0 Å². The van der Waals surface area contributed by atoms with Gasteiger partial charge in [0, 0.05) is 14.1 Å². The number of aryl methyl sites for hydroxylation is 2. The number of thiocarbonyl (C=S) groups is 1. The molecule has 2 aromatic rings. The van der Waals surface area contributed by atoms with Gasteiger partial charge >= 0.3 is 5.69 Å². The molecule has 0 spiro atoms. The first kappa shape index (κ1) is 13.1. The number of nitriles is 1. The molecule has 96 valence electrons. The van der Waals surface area contributed by atoms with Crippen LogP contribution in [0.25, 0.3) is 17.1 Å². The first-order valence-corrected chi connectivity index (χ1v) is 5.93. The number of nitrogens with two attached hydrogens (primary N) is 1. The summed E-state index contributed by atoms with van der Waals surface area (Å²) in [6.07, 6.45) is 1.61. The lowest BCUT2D eigenvalue weighted by Crippen LogP contribution is -2.19. The van der Waals surface area contributed by atoms with Gasteiger partial charge in [-0.25, -0.2) is 4.79 Å². The number of aromatic nitrogens is 2. The molecule has 0 fully saturated rings. The average molecular weight is 272 g/mol. The molecule has 0 aliphatic carbocycles. The maximum absolute atomic E-state index is 11.8. The number of rotatable bonds is 2. The summed E-state index contributed by atoms with van der Waals surface area (Å²) >= 11 is 4.79. The molecule has 2 N–H and O–H groups in total. The molecule has 0 unspecified atom stereocenters. The zero-order chi connectivity index (χ0) is 14.2. The largest absolute Gasteiger partial charge is 0.389 e. The van der Waals surface area contributed by atoms with Gasteiger partial charge in [-0.15, -0.1) is 0 Å². The van der Waals surface area contributed by atoms with Crippen LogP contribution in [0.5, 0.6) is 0 Å². The number of hydrogen-bond acceptors (Lipinski definition) is 3. The Bertz CT molecular complexity index is 804. The Morgan fingerprint density at radius 2 is 2.00 bits per heavy atom. The van der Waals surface area contributed by atoms with Crippen molar-refractivity contribution in [3.63, 3.8) is 0 Å². The third-order valence-electron chi connectivity index (χ3n) is 2.99. The second-order valence-electron chi connectivity index (χ2n) is 4.18. The minimum absolute atomic E-state index is 0.0598. The van der Waals surface area contributed by atoms with Gasteiger partial charge in [0.25, 0.3) is 0 Å². The van der Waals surface area contributed by atoms with E-state index in [0.29, 0.717) is 0 Å². The molecule has 1 aromatic carbocycles. The van der Waals surface area contributed by atoms with E-state index in [2.05, 4.69) is 0 Å². The lowest BCUT2D eigenvalue weighted by Gasteiger charge is -1.99. The second kappa shape index (κ2) is 4.71. The molecular formula is C13H12N4OS. The van der Waals surface area contributed by atoms with Crippen LogP contribution in [0, 0.1) is 11.3 Å². The Kier molecular flexibility index (Phi) is 3.23. The number of hydrogen-bond donors (Lipinski definition) is 1. The summed E-state index contributed by atoms with van der Waals surface area (Å²) < 4.78 is 3.13. The van der Waals surface area contributed by atoms with Crippen molar-refractivity contribution in [1.29, 1.82) is 5.26 Å². The van der Waals surface area contributed by atoms with E-state index in [9.17, 15) is 4.79 Å². The molecule has 1 aromatic heterocycles. The average Bonchev–Trinajstić information content (AvgIpc) is 2.61. The van der Waals surface area contributed by atoms with Crippen LogP contribution < -0.4 is 11.4 Å². The van der Waals surface area contributed by atoms with Crippen molar-refractivity contribution in [2.45, 2.75) is 0 Å². The standard InChI is InChI=1S/C13H12N4OS/c1-16-10-4-3-8(5-9(7-14)12(15)19)6-11(10)17(2)13(16)18/h3-6H,1-2H3,(H2,15,19)/b9-5-. The normalized spacial score (nSPS) is 11.5. The first-order chi connectivity index (χ1) is 8.95. The van der Waals surface area contributed by atoms with Gasteiger partial charge in [0.2, 0.25) is 0 Å². The Hall–Kier alpha value is -2.39. The van der Waals surface area contributed by atoms with Gasteiger partial charge in [-0.2, -0.15) is 5.26 Å². The van der Waals surface area contributed by atoms with Crippen LogP contribution in [-0.4, -0.2) is 14.1 Å². The van der Waals surface area contributed by atoms with Gasteiger partial charge in [0.15, 0.2) is 0 Å².